The van der Waals surface area contributed by atoms with E-state index in [2.05, 4.69) is 34.1 Å². The van der Waals surface area contributed by atoms with Gasteiger partial charge in [0, 0.05) is 0 Å². The smallest absolute Gasteiger partial charge is 0.0383 e. The fourth-order valence-electron chi connectivity index (χ4n) is 2.20. The minimum absolute atomic E-state index is 0.859. The third-order valence-corrected chi connectivity index (χ3v) is 2.95. The number of hydrogen-bond donors (Lipinski definition) is 0. The Balaban J connectivity index is 3.09. The Morgan fingerprint density at radius 3 is 2.20 bits per heavy atom. The van der Waals surface area contributed by atoms with Gasteiger partial charge in [0.05, 0.1) is 0 Å². The Kier molecular flexibility index (Phi) is 10.5. The van der Waals surface area contributed by atoms with Crippen LogP contribution in [0.3, 0.4) is 0 Å². The fourth-order valence-corrected chi connectivity index (χ4v) is 2.20. The molecule has 0 spiro atoms. The lowest BCUT2D eigenvalue weighted by atomic mass is 9.93. The van der Waals surface area contributed by atoms with Gasteiger partial charge in [-0.2, -0.15) is 0 Å². The summed E-state index contributed by atoms with van der Waals surface area (Å²) in [5.41, 5.74) is 0. The molecule has 0 aliphatic heterocycles. The van der Waals surface area contributed by atoms with Crippen molar-refractivity contribution in [2.24, 2.45) is 11.8 Å². The maximum absolute atomic E-state index is 2.51. The van der Waals surface area contributed by atoms with Crippen LogP contribution in [0, 0.1) is 18.3 Å². The van der Waals surface area contributed by atoms with Gasteiger partial charge in [0.15, 0.2) is 0 Å². The highest BCUT2D eigenvalue weighted by Gasteiger charge is 2.04. The molecule has 15 heavy (non-hydrogen) atoms. The van der Waals surface area contributed by atoms with Gasteiger partial charge in [0.1, 0.15) is 0 Å². The lowest BCUT2D eigenvalue weighted by molar-refractivity contribution is 0.428. The van der Waals surface area contributed by atoms with E-state index in [1.807, 2.05) is 0 Å². The average molecular weight is 211 g/mol. The molecule has 0 aliphatic carbocycles. The van der Waals surface area contributed by atoms with Crippen molar-refractivity contribution in [1.82, 2.24) is 0 Å². The van der Waals surface area contributed by atoms with Gasteiger partial charge in [-0.1, -0.05) is 66.2 Å². The number of rotatable bonds is 10. The second-order valence-corrected chi connectivity index (χ2v) is 5.46. The van der Waals surface area contributed by atoms with Crippen molar-refractivity contribution in [3.63, 3.8) is 0 Å². The Bertz CT molecular complexity index is 115. The average Bonchev–Trinajstić information content (AvgIpc) is 2.15. The maximum atomic E-state index is 2.51. The summed E-state index contributed by atoms with van der Waals surface area (Å²) in [6.07, 6.45) is 13.6. The highest BCUT2D eigenvalue weighted by molar-refractivity contribution is 4.69. The quantitative estimate of drug-likeness (QED) is 0.411. The first-order valence-corrected chi connectivity index (χ1v) is 6.98. The van der Waals surface area contributed by atoms with E-state index in [9.17, 15) is 0 Å². The topological polar surface area (TPSA) is 0 Å². The zero-order chi connectivity index (χ0) is 11.5. The van der Waals surface area contributed by atoms with E-state index in [0.717, 1.165) is 11.8 Å². The van der Waals surface area contributed by atoms with Crippen LogP contribution in [0.2, 0.25) is 0 Å². The molecule has 1 unspecified atom stereocenters. The van der Waals surface area contributed by atoms with E-state index in [1.165, 1.54) is 51.4 Å². The van der Waals surface area contributed by atoms with E-state index in [-0.39, 0.29) is 0 Å². The van der Waals surface area contributed by atoms with Crippen LogP contribution in [0.4, 0.5) is 0 Å². The van der Waals surface area contributed by atoms with E-state index in [1.54, 1.807) is 0 Å². The maximum Gasteiger partial charge on any atom is -0.0383 e. The van der Waals surface area contributed by atoms with Crippen LogP contribution in [0.1, 0.15) is 79.1 Å². The van der Waals surface area contributed by atoms with Crippen molar-refractivity contribution < 1.29 is 0 Å². The molecule has 0 heterocycles. The van der Waals surface area contributed by atoms with Crippen LogP contribution >= 0.6 is 0 Å². The van der Waals surface area contributed by atoms with Gasteiger partial charge >= 0.3 is 0 Å². The molecule has 0 aromatic rings. The van der Waals surface area contributed by atoms with Crippen molar-refractivity contribution in [2.75, 3.05) is 0 Å². The van der Waals surface area contributed by atoms with Crippen molar-refractivity contribution in [2.45, 2.75) is 79.1 Å². The molecule has 1 radical (unpaired) electrons. The monoisotopic (exact) mass is 211 g/mol. The first-order chi connectivity index (χ1) is 7.16. The summed E-state index contributed by atoms with van der Waals surface area (Å²) < 4.78 is 0. The van der Waals surface area contributed by atoms with Crippen LogP contribution in [0.15, 0.2) is 0 Å². The molecule has 0 fully saturated rings. The molecule has 0 amide bonds. The highest BCUT2D eigenvalue weighted by atomic mass is 14.1. The van der Waals surface area contributed by atoms with Crippen LogP contribution in [-0.4, -0.2) is 0 Å². The van der Waals surface area contributed by atoms with Gasteiger partial charge in [-0.3, -0.25) is 0 Å². The van der Waals surface area contributed by atoms with Gasteiger partial charge in [0.25, 0.3) is 0 Å². The first kappa shape index (κ1) is 15.0. The van der Waals surface area contributed by atoms with Gasteiger partial charge in [-0.05, 0) is 31.1 Å². The third-order valence-electron chi connectivity index (χ3n) is 2.95. The molecule has 91 valence electrons. The molecule has 0 saturated carbocycles. The SMILES string of the molecule is CCCCCCC[CH]CC(C)CC(C)C. The number of hydrogen-bond acceptors (Lipinski definition) is 0. The van der Waals surface area contributed by atoms with Crippen molar-refractivity contribution in [3.05, 3.63) is 6.42 Å². The molecule has 0 aromatic carbocycles. The highest BCUT2D eigenvalue weighted by Crippen LogP contribution is 2.17. The molecular formula is C15H31. The Hall–Kier alpha value is 0. The molecule has 0 aromatic heterocycles. The van der Waals surface area contributed by atoms with E-state index in [4.69, 9.17) is 0 Å². The van der Waals surface area contributed by atoms with Crippen molar-refractivity contribution in [1.29, 1.82) is 0 Å². The zero-order valence-electron chi connectivity index (χ0n) is 11.4. The second kappa shape index (κ2) is 10.5. The molecule has 0 heteroatoms. The van der Waals surface area contributed by atoms with Crippen LogP contribution < -0.4 is 0 Å². The zero-order valence-corrected chi connectivity index (χ0v) is 11.4. The summed E-state index contributed by atoms with van der Waals surface area (Å²) in [5.74, 6) is 1.75. The lowest BCUT2D eigenvalue weighted by Gasteiger charge is -2.13. The predicted molar refractivity (Wildman–Crippen MR) is 70.9 cm³/mol. The second-order valence-electron chi connectivity index (χ2n) is 5.46. The first-order valence-electron chi connectivity index (χ1n) is 6.98. The summed E-state index contributed by atoms with van der Waals surface area (Å²) in [7, 11) is 0. The van der Waals surface area contributed by atoms with E-state index in [0.29, 0.717) is 0 Å². The van der Waals surface area contributed by atoms with Gasteiger partial charge < -0.3 is 0 Å². The standard InChI is InChI=1S/C15H31/c1-5-6-7-8-9-10-11-12-15(4)13-14(2)3/h11,14-15H,5-10,12-13H2,1-4H3. The molecule has 1 atom stereocenters. The minimum Gasteiger partial charge on any atom is -0.0654 e. The Labute approximate surface area is 97.8 Å². The summed E-state index contributed by atoms with van der Waals surface area (Å²) >= 11 is 0. The summed E-state index contributed by atoms with van der Waals surface area (Å²) in [6.45, 7) is 9.30. The minimum atomic E-state index is 0.859. The van der Waals surface area contributed by atoms with Crippen LogP contribution in [0.5, 0.6) is 0 Å². The molecule has 0 rings (SSSR count). The molecule has 0 bridgehead atoms. The summed E-state index contributed by atoms with van der Waals surface area (Å²) in [5, 5.41) is 0. The molecule has 0 saturated heterocycles. The van der Waals surface area contributed by atoms with Gasteiger partial charge in [-0.15, -0.1) is 0 Å². The van der Waals surface area contributed by atoms with Gasteiger partial charge in [0.2, 0.25) is 0 Å². The third kappa shape index (κ3) is 11.9. The van der Waals surface area contributed by atoms with Crippen molar-refractivity contribution in [3.8, 4) is 0 Å². The molecule has 0 nitrogen and oxygen atoms in total. The van der Waals surface area contributed by atoms with Crippen molar-refractivity contribution >= 4 is 0 Å². The largest absolute Gasteiger partial charge is 0.0654 e. The lowest BCUT2D eigenvalue weighted by Crippen LogP contribution is -2.00. The molecular weight excluding hydrogens is 180 g/mol. The van der Waals surface area contributed by atoms with E-state index < -0.39 is 0 Å². The van der Waals surface area contributed by atoms with Crippen LogP contribution in [-0.2, 0) is 0 Å². The summed E-state index contributed by atoms with van der Waals surface area (Å²) in [4.78, 5) is 0. The molecule has 0 N–H and O–H groups in total. The van der Waals surface area contributed by atoms with Gasteiger partial charge in [-0.25, -0.2) is 0 Å². The predicted octanol–water partition coefficient (Wildman–Crippen LogP) is 5.62. The Morgan fingerprint density at radius 1 is 0.933 bits per heavy atom. The normalized spacial score (nSPS) is 13.4. The number of unbranched alkanes of at least 4 members (excludes halogenated alkanes) is 6. The van der Waals surface area contributed by atoms with Crippen LogP contribution in [0.25, 0.3) is 0 Å². The fraction of sp³-hybridized carbons (Fsp3) is 0.933. The van der Waals surface area contributed by atoms with E-state index >= 15 is 0 Å². The molecule has 0 aliphatic rings. The Morgan fingerprint density at radius 2 is 1.60 bits per heavy atom. The summed E-state index contributed by atoms with van der Waals surface area (Å²) in [6, 6.07) is 0.